The van der Waals surface area contributed by atoms with Crippen molar-refractivity contribution in [3.8, 4) is 5.75 Å². The number of aldehydes is 1. The van der Waals surface area contributed by atoms with Crippen LogP contribution < -0.4 is 4.74 Å². The zero-order valence-corrected chi connectivity index (χ0v) is 9.12. The number of hydrogen-bond acceptors (Lipinski definition) is 2. The van der Waals surface area contributed by atoms with Gasteiger partial charge in [-0.3, -0.25) is 4.79 Å². The second-order valence-electron chi connectivity index (χ2n) is 4.21. The molecule has 0 atom stereocenters. The molecule has 0 spiro atoms. The third-order valence-electron chi connectivity index (χ3n) is 3.12. The van der Waals surface area contributed by atoms with Gasteiger partial charge >= 0.3 is 0 Å². The van der Waals surface area contributed by atoms with Crippen molar-refractivity contribution in [2.45, 2.75) is 25.7 Å². The number of hydrogen-bond donors (Lipinski definition) is 0. The summed E-state index contributed by atoms with van der Waals surface area (Å²) in [6.07, 6.45) is 5.38. The Morgan fingerprint density at radius 2 is 2.25 bits per heavy atom. The largest absolute Gasteiger partial charge is 0.490 e. The van der Waals surface area contributed by atoms with E-state index in [2.05, 4.69) is 0 Å². The fourth-order valence-corrected chi connectivity index (χ4v) is 1.88. The number of rotatable bonds is 5. The van der Waals surface area contributed by atoms with E-state index in [1.165, 1.54) is 31.4 Å². The molecule has 0 bridgehead atoms. The van der Waals surface area contributed by atoms with Crippen molar-refractivity contribution in [2.75, 3.05) is 6.61 Å². The van der Waals surface area contributed by atoms with E-state index in [4.69, 9.17) is 4.74 Å². The first-order valence-corrected chi connectivity index (χ1v) is 5.67. The van der Waals surface area contributed by atoms with Gasteiger partial charge in [0.2, 0.25) is 0 Å². The molecule has 1 aliphatic rings. The Balaban J connectivity index is 1.93. The van der Waals surface area contributed by atoms with Gasteiger partial charge in [0.15, 0.2) is 17.9 Å². The quantitative estimate of drug-likeness (QED) is 0.715. The Bertz CT molecular complexity index is 372. The van der Waals surface area contributed by atoms with Crippen LogP contribution in [-0.2, 0) is 0 Å². The Labute approximate surface area is 94.4 Å². The number of ether oxygens (including phenoxy) is 1. The fourth-order valence-electron chi connectivity index (χ4n) is 1.88. The van der Waals surface area contributed by atoms with Gasteiger partial charge in [-0.15, -0.1) is 0 Å². The maximum atomic E-state index is 13.4. The van der Waals surface area contributed by atoms with Crippen LogP contribution in [0.2, 0.25) is 0 Å². The molecule has 2 rings (SSSR count). The van der Waals surface area contributed by atoms with Gasteiger partial charge in [0, 0.05) is 0 Å². The number of carbonyl (C=O) groups is 1. The Hall–Kier alpha value is -1.38. The van der Waals surface area contributed by atoms with Crippen molar-refractivity contribution in [2.24, 2.45) is 5.92 Å². The zero-order chi connectivity index (χ0) is 11.4. The highest BCUT2D eigenvalue weighted by atomic mass is 19.1. The van der Waals surface area contributed by atoms with Crippen LogP contribution in [0, 0.1) is 11.7 Å². The molecule has 86 valence electrons. The lowest BCUT2D eigenvalue weighted by Crippen LogP contribution is -2.15. The molecule has 1 aromatic carbocycles. The van der Waals surface area contributed by atoms with Gasteiger partial charge in [-0.1, -0.05) is 25.3 Å². The summed E-state index contributed by atoms with van der Waals surface area (Å²) in [7, 11) is 0. The highest BCUT2D eigenvalue weighted by Crippen LogP contribution is 2.30. The second kappa shape index (κ2) is 5.10. The summed E-state index contributed by atoms with van der Waals surface area (Å²) >= 11 is 0. The summed E-state index contributed by atoms with van der Waals surface area (Å²) in [6, 6.07) is 4.39. The van der Waals surface area contributed by atoms with Crippen molar-refractivity contribution in [3.63, 3.8) is 0 Å². The van der Waals surface area contributed by atoms with Crippen LogP contribution in [0.1, 0.15) is 36.0 Å². The van der Waals surface area contributed by atoms with Crippen LogP contribution in [-0.4, -0.2) is 12.9 Å². The third-order valence-corrected chi connectivity index (χ3v) is 3.12. The summed E-state index contributed by atoms with van der Waals surface area (Å²) in [4.78, 5) is 10.7. The minimum Gasteiger partial charge on any atom is -0.490 e. The van der Waals surface area contributed by atoms with Crippen molar-refractivity contribution in [1.29, 1.82) is 0 Å². The van der Waals surface area contributed by atoms with Crippen molar-refractivity contribution >= 4 is 6.29 Å². The maximum Gasteiger partial charge on any atom is 0.165 e. The molecule has 0 aromatic heterocycles. The number of benzene rings is 1. The minimum absolute atomic E-state index is 0.0943. The maximum absolute atomic E-state index is 13.4. The Morgan fingerprint density at radius 1 is 1.44 bits per heavy atom. The monoisotopic (exact) mass is 222 g/mol. The predicted octanol–water partition coefficient (Wildman–Crippen LogP) is 3.21. The zero-order valence-electron chi connectivity index (χ0n) is 9.12. The molecule has 0 amide bonds. The molecule has 1 aliphatic carbocycles. The molecular formula is C13H15FO2. The van der Waals surface area contributed by atoms with E-state index >= 15 is 0 Å². The van der Waals surface area contributed by atoms with E-state index in [-0.39, 0.29) is 11.3 Å². The lowest BCUT2D eigenvalue weighted by atomic mass is 9.83. The van der Waals surface area contributed by atoms with Gasteiger partial charge in [0.1, 0.15) is 0 Å². The molecule has 0 unspecified atom stereocenters. The minimum atomic E-state index is -0.460. The van der Waals surface area contributed by atoms with Gasteiger partial charge < -0.3 is 4.74 Å². The lowest BCUT2D eigenvalue weighted by molar-refractivity contribution is 0.111. The fraction of sp³-hybridized carbons (Fsp3) is 0.462. The molecule has 1 aromatic rings. The summed E-state index contributed by atoms with van der Waals surface area (Å²) in [5, 5.41) is 0. The van der Waals surface area contributed by atoms with Crippen LogP contribution in [0.15, 0.2) is 18.2 Å². The van der Waals surface area contributed by atoms with Crippen LogP contribution in [0.25, 0.3) is 0 Å². The first-order valence-electron chi connectivity index (χ1n) is 5.67. The van der Waals surface area contributed by atoms with Gasteiger partial charge in [-0.25, -0.2) is 4.39 Å². The van der Waals surface area contributed by atoms with E-state index in [1.54, 1.807) is 6.07 Å². The number of carbonyl (C=O) groups excluding carboxylic acids is 1. The summed E-state index contributed by atoms with van der Waals surface area (Å²) in [5.74, 6) is 0.362. The van der Waals surface area contributed by atoms with Gasteiger partial charge in [0.05, 0.1) is 12.2 Å². The van der Waals surface area contributed by atoms with Crippen molar-refractivity contribution < 1.29 is 13.9 Å². The van der Waals surface area contributed by atoms with Crippen LogP contribution in [0.4, 0.5) is 4.39 Å². The topological polar surface area (TPSA) is 26.3 Å². The van der Waals surface area contributed by atoms with Gasteiger partial charge in [-0.2, -0.15) is 0 Å². The van der Waals surface area contributed by atoms with E-state index in [1.807, 2.05) is 0 Å². The van der Waals surface area contributed by atoms with Crippen molar-refractivity contribution in [1.82, 2.24) is 0 Å². The first-order chi connectivity index (χ1) is 7.81. The lowest BCUT2D eigenvalue weighted by Gasteiger charge is -2.25. The smallest absolute Gasteiger partial charge is 0.165 e. The molecule has 3 heteroatoms. The van der Waals surface area contributed by atoms with E-state index < -0.39 is 5.82 Å². The SMILES string of the molecule is O=Cc1cccc(F)c1OCCC1CCC1. The second-order valence-corrected chi connectivity index (χ2v) is 4.21. The van der Waals surface area contributed by atoms with Crippen LogP contribution >= 0.6 is 0 Å². The normalized spacial score (nSPS) is 15.6. The molecule has 0 radical (unpaired) electrons. The summed E-state index contributed by atoms with van der Waals surface area (Å²) in [6.45, 7) is 0.493. The van der Waals surface area contributed by atoms with E-state index in [0.717, 1.165) is 12.3 Å². The molecule has 16 heavy (non-hydrogen) atoms. The van der Waals surface area contributed by atoms with E-state index in [0.29, 0.717) is 12.9 Å². The number of para-hydroxylation sites is 1. The highest BCUT2D eigenvalue weighted by molar-refractivity contribution is 5.79. The highest BCUT2D eigenvalue weighted by Gasteiger charge is 2.17. The molecule has 0 saturated heterocycles. The standard InChI is InChI=1S/C13H15FO2/c14-12-6-2-5-11(9-15)13(12)16-8-7-10-3-1-4-10/h2,5-6,9-10H,1,3-4,7-8H2. The van der Waals surface area contributed by atoms with Gasteiger partial charge in [0.25, 0.3) is 0 Å². The Morgan fingerprint density at radius 3 is 2.88 bits per heavy atom. The summed E-state index contributed by atoms with van der Waals surface area (Å²) in [5.41, 5.74) is 0.286. The molecule has 0 N–H and O–H groups in total. The third kappa shape index (κ3) is 2.40. The first kappa shape index (κ1) is 11.1. The molecule has 1 fully saturated rings. The van der Waals surface area contributed by atoms with Crippen molar-refractivity contribution in [3.05, 3.63) is 29.6 Å². The van der Waals surface area contributed by atoms with Crippen LogP contribution in [0.3, 0.4) is 0 Å². The number of halogens is 1. The average molecular weight is 222 g/mol. The van der Waals surface area contributed by atoms with Crippen LogP contribution in [0.5, 0.6) is 5.75 Å². The predicted molar refractivity (Wildman–Crippen MR) is 59.2 cm³/mol. The van der Waals surface area contributed by atoms with Gasteiger partial charge in [-0.05, 0) is 24.5 Å². The molecule has 2 nitrogen and oxygen atoms in total. The molecule has 1 saturated carbocycles. The summed E-state index contributed by atoms with van der Waals surface area (Å²) < 4.78 is 18.7. The molecule has 0 aliphatic heterocycles. The molecule has 0 heterocycles. The Kier molecular flexibility index (Phi) is 3.54. The average Bonchev–Trinajstić information content (AvgIpc) is 2.23. The molecular weight excluding hydrogens is 207 g/mol. The van der Waals surface area contributed by atoms with E-state index in [9.17, 15) is 9.18 Å².